The molecular weight excluding hydrogens is 317 g/mol. The molecule has 1 aliphatic carbocycles. The Morgan fingerprint density at radius 2 is 2.09 bits per heavy atom. The van der Waals surface area contributed by atoms with E-state index in [9.17, 15) is 4.79 Å². The fourth-order valence-electron chi connectivity index (χ4n) is 2.82. The summed E-state index contributed by atoms with van der Waals surface area (Å²) in [5, 5.41) is 4.35. The predicted molar refractivity (Wildman–Crippen MR) is 94.6 cm³/mol. The first-order chi connectivity index (χ1) is 10.3. The number of halogens is 2. The highest BCUT2D eigenvalue weighted by Crippen LogP contribution is 2.41. The molecule has 2 nitrogen and oxygen atoms in total. The van der Waals surface area contributed by atoms with Crippen LogP contribution in [-0.2, 0) is 4.79 Å². The maximum absolute atomic E-state index is 12.2. The Hall–Kier alpha value is -0.990. The molecule has 0 spiro atoms. The van der Waals surface area contributed by atoms with Crippen molar-refractivity contribution in [3.05, 3.63) is 40.0 Å². The van der Waals surface area contributed by atoms with Crippen molar-refractivity contribution in [3.8, 4) is 0 Å². The largest absolute Gasteiger partial charge is 0.360 e. The second-order valence-electron chi connectivity index (χ2n) is 6.64. The minimum atomic E-state index is 0.230. The molecule has 1 N–H and O–H groups in total. The van der Waals surface area contributed by atoms with Crippen LogP contribution in [-0.4, -0.2) is 5.78 Å². The van der Waals surface area contributed by atoms with Gasteiger partial charge < -0.3 is 5.32 Å². The molecule has 0 saturated heterocycles. The number of benzene rings is 1. The number of ketones is 1. The van der Waals surface area contributed by atoms with Crippen molar-refractivity contribution in [1.29, 1.82) is 0 Å². The Morgan fingerprint density at radius 3 is 2.77 bits per heavy atom. The first kappa shape index (κ1) is 17.4. The summed E-state index contributed by atoms with van der Waals surface area (Å²) in [4.78, 5) is 12.2. The van der Waals surface area contributed by atoms with Gasteiger partial charge in [-0.2, -0.15) is 0 Å². The second kappa shape index (κ2) is 7.06. The molecule has 22 heavy (non-hydrogen) atoms. The van der Waals surface area contributed by atoms with Gasteiger partial charge in [0.2, 0.25) is 0 Å². The third-order valence-electron chi connectivity index (χ3n) is 4.89. The van der Waals surface area contributed by atoms with Crippen LogP contribution < -0.4 is 5.32 Å². The molecule has 0 bridgehead atoms. The van der Waals surface area contributed by atoms with Gasteiger partial charge in [0, 0.05) is 23.2 Å². The van der Waals surface area contributed by atoms with Gasteiger partial charge in [-0.1, -0.05) is 50.4 Å². The smallest absolute Gasteiger partial charge is 0.160 e. The molecule has 0 radical (unpaired) electrons. The Bertz CT molecular complexity index is 593. The van der Waals surface area contributed by atoms with E-state index in [1.54, 1.807) is 24.4 Å². The standard InChI is InChI=1S/C18H23Cl2NO/c1-4-18(2,3)13-5-8-17(22)12(9-13)11-21-16-10-14(19)6-7-15(16)20/h6-7,10-11,13,21H,4-5,8-9H2,1-3H3/b12-11+/t13-/m1/s1. The number of carbonyl (C=O) groups excluding carboxylic acids is 1. The monoisotopic (exact) mass is 339 g/mol. The van der Waals surface area contributed by atoms with Gasteiger partial charge in [-0.15, -0.1) is 0 Å². The lowest BCUT2D eigenvalue weighted by molar-refractivity contribution is -0.117. The fourth-order valence-corrected chi connectivity index (χ4v) is 3.16. The zero-order valence-corrected chi connectivity index (χ0v) is 14.9. The van der Waals surface area contributed by atoms with Crippen molar-refractivity contribution < 1.29 is 4.79 Å². The maximum Gasteiger partial charge on any atom is 0.160 e. The first-order valence-corrected chi connectivity index (χ1v) is 8.53. The summed E-state index contributed by atoms with van der Waals surface area (Å²) in [5.74, 6) is 0.770. The predicted octanol–water partition coefficient (Wildman–Crippen LogP) is 6.09. The van der Waals surface area contributed by atoms with Crippen molar-refractivity contribution in [2.45, 2.75) is 46.5 Å². The van der Waals surface area contributed by atoms with Gasteiger partial charge in [0.15, 0.2) is 5.78 Å². The molecule has 0 heterocycles. The van der Waals surface area contributed by atoms with Gasteiger partial charge in [0.05, 0.1) is 10.7 Å². The number of rotatable bonds is 4. The van der Waals surface area contributed by atoms with Gasteiger partial charge in [0.1, 0.15) is 0 Å². The normalized spacial score (nSPS) is 21.2. The van der Waals surface area contributed by atoms with Crippen LogP contribution in [0, 0.1) is 11.3 Å². The van der Waals surface area contributed by atoms with Crippen molar-refractivity contribution in [2.75, 3.05) is 5.32 Å². The molecule has 1 atom stereocenters. The van der Waals surface area contributed by atoms with Gasteiger partial charge in [-0.05, 0) is 42.4 Å². The zero-order valence-electron chi connectivity index (χ0n) is 13.4. The van der Waals surface area contributed by atoms with E-state index < -0.39 is 0 Å². The Balaban J connectivity index is 2.15. The van der Waals surface area contributed by atoms with Crippen LogP contribution in [0.2, 0.25) is 10.0 Å². The SMILES string of the molecule is CCC(C)(C)[C@@H]1CCC(=O)/C(=C/Nc2cc(Cl)ccc2Cl)C1. The van der Waals surface area contributed by atoms with E-state index in [4.69, 9.17) is 23.2 Å². The fraction of sp³-hybridized carbons (Fsp3) is 0.500. The zero-order chi connectivity index (χ0) is 16.3. The molecule has 1 saturated carbocycles. The van der Waals surface area contributed by atoms with Crippen LogP contribution in [0.25, 0.3) is 0 Å². The third kappa shape index (κ3) is 4.05. The molecule has 0 amide bonds. The Morgan fingerprint density at radius 1 is 1.36 bits per heavy atom. The summed E-state index contributed by atoms with van der Waals surface area (Å²) in [5.41, 5.74) is 1.84. The average molecular weight is 340 g/mol. The van der Waals surface area contributed by atoms with Crippen LogP contribution in [0.4, 0.5) is 5.69 Å². The number of carbonyl (C=O) groups is 1. The number of anilines is 1. The highest BCUT2D eigenvalue weighted by molar-refractivity contribution is 6.35. The van der Waals surface area contributed by atoms with E-state index in [-0.39, 0.29) is 11.2 Å². The van der Waals surface area contributed by atoms with Crippen LogP contribution in [0.5, 0.6) is 0 Å². The van der Waals surface area contributed by atoms with Crippen molar-refractivity contribution in [2.24, 2.45) is 11.3 Å². The lowest BCUT2D eigenvalue weighted by Gasteiger charge is -2.36. The first-order valence-electron chi connectivity index (χ1n) is 7.77. The number of allylic oxidation sites excluding steroid dienone is 1. The van der Waals surface area contributed by atoms with Crippen molar-refractivity contribution in [3.63, 3.8) is 0 Å². The van der Waals surface area contributed by atoms with Gasteiger partial charge in [-0.3, -0.25) is 4.79 Å². The Kier molecular flexibility index (Phi) is 5.57. The lowest BCUT2D eigenvalue weighted by Crippen LogP contribution is -2.29. The minimum Gasteiger partial charge on any atom is -0.360 e. The number of Topliss-reactive ketones (excluding diaryl/α,β-unsaturated/α-hetero) is 1. The molecule has 1 fully saturated rings. The summed E-state index contributed by atoms with van der Waals surface area (Å²) in [6.07, 6.45) is 5.36. The highest BCUT2D eigenvalue weighted by atomic mass is 35.5. The Labute approximate surface area is 142 Å². The molecule has 1 aromatic carbocycles. The molecule has 0 aliphatic heterocycles. The highest BCUT2D eigenvalue weighted by Gasteiger charge is 2.33. The van der Waals surface area contributed by atoms with E-state index in [1.165, 1.54) is 0 Å². The van der Waals surface area contributed by atoms with Crippen LogP contribution in [0.3, 0.4) is 0 Å². The molecule has 1 aliphatic rings. The molecule has 1 aromatic rings. The summed E-state index contributed by atoms with van der Waals surface area (Å²) < 4.78 is 0. The third-order valence-corrected chi connectivity index (χ3v) is 5.46. The van der Waals surface area contributed by atoms with Crippen molar-refractivity contribution in [1.82, 2.24) is 0 Å². The number of nitrogens with one attached hydrogen (secondary N) is 1. The van der Waals surface area contributed by atoms with Gasteiger partial charge >= 0.3 is 0 Å². The van der Waals surface area contributed by atoms with E-state index in [0.29, 0.717) is 22.4 Å². The summed E-state index contributed by atoms with van der Waals surface area (Å²) in [6, 6.07) is 5.26. The molecule has 0 unspecified atom stereocenters. The van der Waals surface area contributed by atoms with E-state index >= 15 is 0 Å². The van der Waals surface area contributed by atoms with E-state index in [2.05, 4.69) is 26.1 Å². The number of hydrogen-bond donors (Lipinski definition) is 1. The van der Waals surface area contributed by atoms with Gasteiger partial charge in [-0.25, -0.2) is 0 Å². The molecule has 4 heteroatoms. The molecule has 2 rings (SSSR count). The topological polar surface area (TPSA) is 29.1 Å². The molecular formula is C18H23Cl2NO. The lowest BCUT2D eigenvalue weighted by atomic mass is 9.68. The van der Waals surface area contributed by atoms with Crippen molar-refractivity contribution >= 4 is 34.7 Å². The molecule has 0 aromatic heterocycles. The summed E-state index contributed by atoms with van der Waals surface area (Å²) >= 11 is 12.1. The van der Waals surface area contributed by atoms with Crippen LogP contribution >= 0.6 is 23.2 Å². The second-order valence-corrected chi connectivity index (χ2v) is 7.49. The summed E-state index contributed by atoms with van der Waals surface area (Å²) in [7, 11) is 0. The van der Waals surface area contributed by atoms with Crippen LogP contribution in [0.15, 0.2) is 30.0 Å². The quantitative estimate of drug-likeness (QED) is 0.672. The maximum atomic E-state index is 12.2. The average Bonchev–Trinajstić information content (AvgIpc) is 2.49. The van der Waals surface area contributed by atoms with E-state index in [1.807, 2.05) is 0 Å². The number of hydrogen-bond acceptors (Lipinski definition) is 2. The summed E-state index contributed by atoms with van der Waals surface area (Å²) in [6.45, 7) is 6.78. The molecule has 120 valence electrons. The minimum absolute atomic E-state index is 0.230. The van der Waals surface area contributed by atoms with E-state index in [0.717, 1.165) is 30.5 Å². The van der Waals surface area contributed by atoms with Crippen LogP contribution in [0.1, 0.15) is 46.5 Å². The van der Waals surface area contributed by atoms with Gasteiger partial charge in [0.25, 0.3) is 0 Å².